The summed E-state index contributed by atoms with van der Waals surface area (Å²) in [7, 11) is 0. The molecule has 102 valence electrons. The van der Waals surface area contributed by atoms with E-state index in [1.54, 1.807) is 0 Å². The fraction of sp³-hybridized carbons (Fsp3) is 0.833. The van der Waals surface area contributed by atoms with Crippen LogP contribution in [0.2, 0.25) is 0 Å². The van der Waals surface area contributed by atoms with Crippen LogP contribution in [0.25, 0.3) is 0 Å². The third-order valence-electron chi connectivity index (χ3n) is 3.64. The summed E-state index contributed by atoms with van der Waals surface area (Å²) in [6, 6.07) is 0. The Balaban J connectivity index is 1.92. The molecule has 2 heterocycles. The van der Waals surface area contributed by atoms with Gasteiger partial charge in [0.2, 0.25) is 0 Å². The number of amides is 2. The Morgan fingerprint density at radius 2 is 1.00 bits per heavy atom. The lowest BCUT2D eigenvalue weighted by atomic mass is 10.1. The molecule has 2 atom stereocenters. The molecule has 0 saturated carbocycles. The van der Waals surface area contributed by atoms with Crippen molar-refractivity contribution in [2.24, 2.45) is 0 Å². The fourth-order valence-electron chi connectivity index (χ4n) is 2.52. The Bertz CT molecular complexity index is 290. The SMILES string of the molecule is O=C(C(O)C(O)C(=O)N1CCCC1)N1CCCC1. The third-order valence-corrected chi connectivity index (χ3v) is 3.64. The Hall–Kier alpha value is -1.14. The first kappa shape index (κ1) is 13.3. The van der Waals surface area contributed by atoms with E-state index in [9.17, 15) is 19.8 Å². The first-order valence-electron chi connectivity index (χ1n) is 6.55. The van der Waals surface area contributed by atoms with E-state index in [0.29, 0.717) is 26.2 Å². The van der Waals surface area contributed by atoms with Gasteiger partial charge in [0.15, 0.2) is 12.2 Å². The summed E-state index contributed by atoms with van der Waals surface area (Å²) in [5.74, 6) is -1.07. The molecule has 0 aromatic rings. The molecular weight excluding hydrogens is 236 g/mol. The highest BCUT2D eigenvalue weighted by Crippen LogP contribution is 2.14. The van der Waals surface area contributed by atoms with Gasteiger partial charge in [0.05, 0.1) is 0 Å². The van der Waals surface area contributed by atoms with E-state index >= 15 is 0 Å². The molecule has 0 aromatic heterocycles. The number of carbonyl (C=O) groups is 2. The van der Waals surface area contributed by atoms with E-state index in [1.807, 2.05) is 0 Å². The van der Waals surface area contributed by atoms with Crippen LogP contribution in [0.15, 0.2) is 0 Å². The Kier molecular flexibility index (Phi) is 4.19. The lowest BCUT2D eigenvalue weighted by Crippen LogP contribution is -2.50. The molecule has 2 aliphatic heterocycles. The molecule has 2 rings (SSSR count). The number of rotatable bonds is 3. The smallest absolute Gasteiger partial charge is 0.254 e. The first-order valence-corrected chi connectivity index (χ1v) is 6.55. The van der Waals surface area contributed by atoms with E-state index in [4.69, 9.17) is 0 Å². The molecule has 18 heavy (non-hydrogen) atoms. The molecule has 6 heteroatoms. The van der Waals surface area contributed by atoms with Gasteiger partial charge in [-0.25, -0.2) is 0 Å². The molecule has 6 nitrogen and oxygen atoms in total. The van der Waals surface area contributed by atoms with Crippen LogP contribution in [0.5, 0.6) is 0 Å². The second-order valence-corrected chi connectivity index (χ2v) is 4.95. The van der Waals surface area contributed by atoms with Crippen molar-refractivity contribution in [3.63, 3.8) is 0 Å². The number of likely N-dealkylation sites (tertiary alicyclic amines) is 2. The van der Waals surface area contributed by atoms with Crippen LogP contribution in [0.3, 0.4) is 0 Å². The van der Waals surface area contributed by atoms with Crippen LogP contribution in [0.4, 0.5) is 0 Å². The molecule has 0 aliphatic carbocycles. The summed E-state index contributed by atoms with van der Waals surface area (Å²) in [6.07, 6.45) is 0.388. The molecule has 0 spiro atoms. The van der Waals surface area contributed by atoms with Gasteiger partial charge in [-0.05, 0) is 25.7 Å². The standard InChI is InChI=1S/C12H20N2O4/c15-9(11(17)13-5-1-2-6-13)10(16)12(18)14-7-3-4-8-14/h9-10,15-16H,1-8H2. The molecule has 2 amide bonds. The summed E-state index contributed by atoms with van der Waals surface area (Å²) in [5, 5.41) is 19.6. The van der Waals surface area contributed by atoms with Crippen molar-refractivity contribution >= 4 is 11.8 Å². The second kappa shape index (κ2) is 5.67. The zero-order chi connectivity index (χ0) is 13.1. The van der Waals surface area contributed by atoms with Crippen molar-refractivity contribution in [1.29, 1.82) is 0 Å². The highest BCUT2D eigenvalue weighted by molar-refractivity contribution is 5.90. The van der Waals surface area contributed by atoms with Gasteiger partial charge in [-0.1, -0.05) is 0 Å². The number of hydrogen-bond acceptors (Lipinski definition) is 4. The zero-order valence-electron chi connectivity index (χ0n) is 10.4. The van der Waals surface area contributed by atoms with Crippen molar-refractivity contribution in [1.82, 2.24) is 9.80 Å². The van der Waals surface area contributed by atoms with Gasteiger partial charge in [-0.15, -0.1) is 0 Å². The van der Waals surface area contributed by atoms with Gasteiger partial charge >= 0.3 is 0 Å². The largest absolute Gasteiger partial charge is 0.380 e. The predicted molar refractivity (Wildman–Crippen MR) is 63.6 cm³/mol. The summed E-state index contributed by atoms with van der Waals surface area (Å²) in [4.78, 5) is 26.7. The topological polar surface area (TPSA) is 81.1 Å². The maximum atomic E-state index is 11.9. The number of hydrogen-bond donors (Lipinski definition) is 2. The highest BCUT2D eigenvalue weighted by atomic mass is 16.3. The van der Waals surface area contributed by atoms with Crippen LogP contribution in [-0.4, -0.2) is 70.2 Å². The molecule has 2 fully saturated rings. The maximum Gasteiger partial charge on any atom is 0.254 e. The van der Waals surface area contributed by atoms with E-state index in [0.717, 1.165) is 25.7 Å². The highest BCUT2D eigenvalue weighted by Gasteiger charge is 2.36. The minimum absolute atomic E-state index is 0.535. The maximum absolute atomic E-state index is 11.9. The van der Waals surface area contributed by atoms with Gasteiger partial charge in [0.25, 0.3) is 11.8 Å². The van der Waals surface area contributed by atoms with Gasteiger partial charge in [0.1, 0.15) is 0 Å². The predicted octanol–water partition coefficient (Wildman–Crippen LogP) is -1.05. The average Bonchev–Trinajstić information content (AvgIpc) is 3.06. The molecular formula is C12H20N2O4. The van der Waals surface area contributed by atoms with E-state index in [1.165, 1.54) is 9.80 Å². The normalized spacial score (nSPS) is 23.2. The summed E-state index contributed by atoms with van der Waals surface area (Å²) in [6.45, 7) is 2.39. The quantitative estimate of drug-likeness (QED) is 0.675. The van der Waals surface area contributed by atoms with Crippen molar-refractivity contribution in [3.8, 4) is 0 Å². The first-order chi connectivity index (χ1) is 8.61. The lowest BCUT2D eigenvalue weighted by molar-refractivity contribution is -0.156. The molecule has 0 aromatic carbocycles. The number of aliphatic hydroxyl groups excluding tert-OH is 2. The Morgan fingerprint density at radius 3 is 1.28 bits per heavy atom. The second-order valence-electron chi connectivity index (χ2n) is 4.95. The average molecular weight is 256 g/mol. The molecule has 2 unspecified atom stereocenters. The Morgan fingerprint density at radius 1 is 0.722 bits per heavy atom. The van der Waals surface area contributed by atoms with Crippen molar-refractivity contribution < 1.29 is 19.8 Å². The van der Waals surface area contributed by atoms with Crippen LogP contribution in [0, 0.1) is 0 Å². The van der Waals surface area contributed by atoms with Gasteiger partial charge in [-0.2, -0.15) is 0 Å². The molecule has 0 radical (unpaired) electrons. The lowest BCUT2D eigenvalue weighted by Gasteiger charge is -2.25. The van der Waals surface area contributed by atoms with Crippen LogP contribution >= 0.6 is 0 Å². The number of carbonyl (C=O) groups excluding carboxylic acids is 2. The van der Waals surface area contributed by atoms with Crippen LogP contribution in [-0.2, 0) is 9.59 Å². The van der Waals surface area contributed by atoms with Crippen molar-refractivity contribution in [3.05, 3.63) is 0 Å². The minimum atomic E-state index is -1.63. The fourth-order valence-corrected chi connectivity index (χ4v) is 2.52. The van der Waals surface area contributed by atoms with Gasteiger partial charge in [0, 0.05) is 26.2 Å². The van der Waals surface area contributed by atoms with E-state index < -0.39 is 24.0 Å². The van der Waals surface area contributed by atoms with Gasteiger partial charge in [-0.3, -0.25) is 9.59 Å². The van der Waals surface area contributed by atoms with Gasteiger partial charge < -0.3 is 20.0 Å². The van der Waals surface area contributed by atoms with E-state index in [2.05, 4.69) is 0 Å². The molecule has 2 saturated heterocycles. The number of aliphatic hydroxyl groups is 2. The molecule has 2 N–H and O–H groups in total. The molecule has 0 bridgehead atoms. The summed E-state index contributed by atoms with van der Waals surface area (Å²) >= 11 is 0. The number of nitrogens with zero attached hydrogens (tertiary/aromatic N) is 2. The van der Waals surface area contributed by atoms with E-state index in [-0.39, 0.29) is 0 Å². The van der Waals surface area contributed by atoms with Crippen molar-refractivity contribution in [2.75, 3.05) is 26.2 Å². The third kappa shape index (κ3) is 2.64. The van der Waals surface area contributed by atoms with Crippen molar-refractivity contribution in [2.45, 2.75) is 37.9 Å². The molecule has 2 aliphatic rings. The van der Waals surface area contributed by atoms with Crippen LogP contribution in [0.1, 0.15) is 25.7 Å². The summed E-state index contributed by atoms with van der Waals surface area (Å²) < 4.78 is 0. The Labute approximate surface area is 106 Å². The minimum Gasteiger partial charge on any atom is -0.380 e. The monoisotopic (exact) mass is 256 g/mol. The van der Waals surface area contributed by atoms with Crippen LogP contribution < -0.4 is 0 Å². The zero-order valence-corrected chi connectivity index (χ0v) is 10.4. The summed E-state index contributed by atoms with van der Waals surface area (Å²) in [5.41, 5.74) is 0.